The number of benzene rings is 4. The number of rotatable bonds is 19. The highest BCUT2D eigenvalue weighted by Crippen LogP contribution is 2.27. The van der Waals surface area contributed by atoms with Crippen molar-refractivity contribution in [2.75, 3.05) is 35.0 Å². The first-order valence-electron chi connectivity index (χ1n) is 17.8. The van der Waals surface area contributed by atoms with E-state index in [1.807, 2.05) is 104 Å². The summed E-state index contributed by atoms with van der Waals surface area (Å²) in [5, 5.41) is 30.0. The molecule has 0 radical (unpaired) electrons. The lowest BCUT2D eigenvalue weighted by Gasteiger charge is -2.28. The van der Waals surface area contributed by atoms with Crippen LogP contribution in [-0.4, -0.2) is 93.3 Å². The smallest absolute Gasteiger partial charge is 0.184 e. The second kappa shape index (κ2) is 22.2. The zero-order chi connectivity index (χ0) is 38.9. The van der Waals surface area contributed by atoms with Crippen molar-refractivity contribution in [3.8, 4) is 23.0 Å². The van der Waals surface area contributed by atoms with Gasteiger partial charge in [0.05, 0.1) is 73.7 Å². The summed E-state index contributed by atoms with van der Waals surface area (Å²) in [4.78, 5) is 0. The van der Waals surface area contributed by atoms with Gasteiger partial charge >= 0.3 is 0 Å². The third-order valence-corrected chi connectivity index (χ3v) is 8.87. The monoisotopic (exact) mass is 750 g/mol. The predicted molar refractivity (Wildman–Crippen MR) is 202 cm³/mol. The average Bonchev–Trinajstić information content (AvgIpc) is 3.48. The molecule has 7 atom stereocenters. The van der Waals surface area contributed by atoms with Crippen LogP contribution in [0.1, 0.15) is 36.1 Å². The van der Waals surface area contributed by atoms with E-state index in [9.17, 15) is 15.3 Å². The van der Waals surface area contributed by atoms with Crippen molar-refractivity contribution in [1.29, 1.82) is 0 Å². The molecule has 12 nitrogen and oxygen atoms in total. The second-order valence-electron chi connectivity index (χ2n) is 12.7. The van der Waals surface area contributed by atoms with E-state index in [0.717, 1.165) is 45.3 Å². The zero-order valence-electron chi connectivity index (χ0n) is 31.8. The molecule has 4 aromatic rings. The van der Waals surface area contributed by atoms with Crippen LogP contribution >= 0.6 is 0 Å². The summed E-state index contributed by atoms with van der Waals surface area (Å²) >= 11 is 0. The summed E-state index contributed by atoms with van der Waals surface area (Å²) in [5.74, 6) is 3.12. The predicted octanol–water partition coefficient (Wildman–Crippen LogP) is 5.46. The Hall–Kier alpha value is -4.24. The first kappa shape index (κ1) is 42.5. The van der Waals surface area contributed by atoms with Crippen molar-refractivity contribution < 1.29 is 58.0 Å². The maximum atomic E-state index is 10.2. The molecular formula is C42H54O12. The third-order valence-electron chi connectivity index (χ3n) is 8.87. The summed E-state index contributed by atoms with van der Waals surface area (Å²) in [6, 6.07) is 30.2. The topological polar surface area (TPSA) is 144 Å². The van der Waals surface area contributed by atoms with Crippen molar-refractivity contribution in [1.82, 2.24) is 0 Å². The molecule has 1 aliphatic heterocycles. The largest absolute Gasteiger partial charge is 0.497 e. The van der Waals surface area contributed by atoms with Crippen molar-refractivity contribution >= 4 is 0 Å². The third kappa shape index (κ3) is 13.0. The van der Waals surface area contributed by atoms with Crippen LogP contribution in [0.4, 0.5) is 0 Å². The zero-order valence-corrected chi connectivity index (χ0v) is 31.8. The van der Waals surface area contributed by atoms with Crippen LogP contribution in [0.2, 0.25) is 0 Å². The molecule has 0 saturated carbocycles. The lowest BCUT2D eigenvalue weighted by atomic mass is 10.1. The minimum Gasteiger partial charge on any atom is -0.497 e. The number of hydrogen-bond acceptors (Lipinski definition) is 12. The van der Waals surface area contributed by atoms with E-state index in [2.05, 4.69) is 0 Å². The summed E-state index contributed by atoms with van der Waals surface area (Å²) in [6.45, 7) is 4.58. The molecule has 1 unspecified atom stereocenters. The molecule has 1 fully saturated rings. The molecule has 1 aliphatic rings. The van der Waals surface area contributed by atoms with E-state index in [0.29, 0.717) is 26.4 Å². The Morgan fingerprint density at radius 2 is 0.907 bits per heavy atom. The van der Waals surface area contributed by atoms with Crippen LogP contribution in [0.15, 0.2) is 97.1 Å². The van der Waals surface area contributed by atoms with Crippen LogP contribution < -0.4 is 18.9 Å². The average molecular weight is 751 g/mol. The normalized spacial score (nSPS) is 19.6. The van der Waals surface area contributed by atoms with Crippen LogP contribution in [0.3, 0.4) is 0 Å². The Balaban J connectivity index is 0.000000241. The first-order valence-corrected chi connectivity index (χ1v) is 17.8. The van der Waals surface area contributed by atoms with Crippen molar-refractivity contribution in [2.24, 2.45) is 0 Å². The van der Waals surface area contributed by atoms with Gasteiger partial charge in [-0.05, 0) is 84.6 Å². The maximum absolute atomic E-state index is 10.2. The van der Waals surface area contributed by atoms with Gasteiger partial charge in [-0.25, -0.2) is 0 Å². The van der Waals surface area contributed by atoms with Gasteiger partial charge in [-0.2, -0.15) is 0 Å². The number of methoxy groups -OCH3 is 4. The number of hydrogen-bond donors (Lipinski definition) is 3. The lowest BCUT2D eigenvalue weighted by molar-refractivity contribution is -0.147. The van der Waals surface area contributed by atoms with Gasteiger partial charge in [-0.15, -0.1) is 0 Å². The molecule has 0 aliphatic carbocycles. The molecule has 0 aromatic heterocycles. The van der Waals surface area contributed by atoms with Crippen molar-refractivity contribution in [3.05, 3.63) is 119 Å². The SMILES string of the molecule is COc1ccc(CO[C@@H]([C@H](C)O)[C@H](CO)OCc2ccc(OC)cc2)cc1.COc1ccc(CO[C@H]2[C@H](C)OC(O)[C@@H]2OCc2ccc(OC)cc2)cc1. The second-order valence-corrected chi connectivity index (χ2v) is 12.7. The highest BCUT2D eigenvalue weighted by Gasteiger charge is 2.43. The Labute approximate surface area is 318 Å². The molecule has 3 N–H and O–H groups in total. The van der Waals surface area contributed by atoms with Gasteiger partial charge in [0, 0.05) is 0 Å². The quantitative estimate of drug-likeness (QED) is 0.112. The van der Waals surface area contributed by atoms with Gasteiger partial charge in [0.25, 0.3) is 0 Å². The van der Waals surface area contributed by atoms with Crippen LogP contribution in [-0.2, 0) is 50.1 Å². The molecule has 0 bridgehead atoms. The molecule has 1 heterocycles. The summed E-state index contributed by atoms with van der Waals surface area (Å²) in [7, 11) is 6.49. The fourth-order valence-corrected chi connectivity index (χ4v) is 5.69. The number of aliphatic hydroxyl groups excluding tert-OH is 3. The minimum absolute atomic E-state index is 0.256. The molecule has 54 heavy (non-hydrogen) atoms. The van der Waals surface area contributed by atoms with Gasteiger partial charge < -0.3 is 58.0 Å². The van der Waals surface area contributed by atoms with Gasteiger partial charge in [-0.3, -0.25) is 0 Å². The Morgan fingerprint density at radius 1 is 0.556 bits per heavy atom. The molecule has 12 heteroatoms. The number of ether oxygens (including phenoxy) is 9. The van der Waals surface area contributed by atoms with E-state index in [1.165, 1.54) is 0 Å². The summed E-state index contributed by atoms with van der Waals surface area (Å²) in [6.07, 6.45) is -4.30. The fourth-order valence-electron chi connectivity index (χ4n) is 5.69. The van der Waals surface area contributed by atoms with E-state index in [-0.39, 0.29) is 18.8 Å². The van der Waals surface area contributed by atoms with E-state index in [1.54, 1.807) is 35.4 Å². The van der Waals surface area contributed by atoms with Gasteiger partial charge in [0.1, 0.15) is 47.4 Å². The number of aliphatic hydroxyl groups is 3. The van der Waals surface area contributed by atoms with Crippen LogP contribution in [0, 0.1) is 0 Å². The highest BCUT2D eigenvalue weighted by molar-refractivity contribution is 5.29. The molecular weight excluding hydrogens is 696 g/mol. The van der Waals surface area contributed by atoms with Crippen LogP contribution in [0.25, 0.3) is 0 Å². The molecule has 1 saturated heterocycles. The Morgan fingerprint density at radius 3 is 1.26 bits per heavy atom. The summed E-state index contributed by atoms with van der Waals surface area (Å²) < 4.78 is 49.7. The standard InChI is InChI=1S/C21H26O6.C21H28O6/c1-14-19(25-12-15-4-8-17(23-2)9-5-15)20(21(22)27-14)26-13-16-6-10-18(24-3)11-7-16;1-15(23)21(27-14-17-6-10-19(25-3)11-7-17)20(12-22)26-13-16-4-8-18(24-2)9-5-16/h4-11,14,19-22H,12-13H2,1-3H3;4-11,15,20-23H,12-14H2,1-3H3/t14-,19-,20+,21?;15-,20-,21-/m00/s1. The fraction of sp³-hybridized carbons (Fsp3) is 0.429. The Kier molecular flexibility index (Phi) is 17.5. The highest BCUT2D eigenvalue weighted by atomic mass is 16.7. The van der Waals surface area contributed by atoms with Crippen LogP contribution in [0.5, 0.6) is 23.0 Å². The summed E-state index contributed by atoms with van der Waals surface area (Å²) in [5.41, 5.74) is 3.87. The molecule has 4 aromatic carbocycles. The first-order chi connectivity index (χ1) is 26.2. The molecule has 0 spiro atoms. The minimum atomic E-state index is -1.01. The van der Waals surface area contributed by atoms with Gasteiger partial charge in [-0.1, -0.05) is 48.5 Å². The van der Waals surface area contributed by atoms with Gasteiger partial charge in [0.15, 0.2) is 6.29 Å². The molecule has 5 rings (SSSR count). The van der Waals surface area contributed by atoms with E-state index in [4.69, 9.17) is 42.6 Å². The molecule has 294 valence electrons. The maximum Gasteiger partial charge on any atom is 0.184 e. The van der Waals surface area contributed by atoms with E-state index < -0.39 is 30.7 Å². The van der Waals surface area contributed by atoms with Crippen molar-refractivity contribution in [3.63, 3.8) is 0 Å². The lowest BCUT2D eigenvalue weighted by Crippen LogP contribution is -2.42. The molecule has 0 amide bonds. The Bertz CT molecular complexity index is 1470. The van der Waals surface area contributed by atoms with Crippen molar-refractivity contribution in [2.45, 2.75) is 83.2 Å². The van der Waals surface area contributed by atoms with E-state index >= 15 is 0 Å². The van der Waals surface area contributed by atoms with Gasteiger partial charge in [0.2, 0.25) is 0 Å².